The van der Waals surface area contributed by atoms with Gasteiger partial charge in [-0.3, -0.25) is 4.79 Å². The first-order valence-corrected chi connectivity index (χ1v) is 7.50. The maximum Gasteiger partial charge on any atom is 0.356 e. The van der Waals surface area contributed by atoms with Gasteiger partial charge in [-0.2, -0.15) is 5.10 Å². The molecule has 124 valence electrons. The number of nitrogens with zero attached hydrogens (tertiary/aromatic N) is 2. The molecule has 0 bridgehead atoms. The summed E-state index contributed by atoms with van der Waals surface area (Å²) in [6, 6.07) is 9.12. The second-order valence-corrected chi connectivity index (χ2v) is 4.65. The first-order valence-electron chi connectivity index (χ1n) is 7.50. The van der Waals surface area contributed by atoms with Crippen LogP contribution in [0.2, 0.25) is 0 Å². The number of aromatic nitrogens is 2. The van der Waals surface area contributed by atoms with Crippen LogP contribution < -0.4 is 5.32 Å². The molecule has 6 nitrogen and oxygen atoms in total. The van der Waals surface area contributed by atoms with E-state index in [-0.39, 0.29) is 5.91 Å². The number of ether oxygens (including phenoxy) is 1. The van der Waals surface area contributed by atoms with E-state index in [0.717, 1.165) is 16.9 Å². The van der Waals surface area contributed by atoms with Crippen molar-refractivity contribution in [3.63, 3.8) is 0 Å². The Hall–Kier alpha value is -2.63. The van der Waals surface area contributed by atoms with Crippen molar-refractivity contribution in [2.75, 3.05) is 7.11 Å². The normalized spacial score (nSPS) is 9.61. The van der Waals surface area contributed by atoms with Gasteiger partial charge in [0.2, 0.25) is 5.91 Å². The zero-order valence-electron chi connectivity index (χ0n) is 14.2. The molecule has 23 heavy (non-hydrogen) atoms. The second kappa shape index (κ2) is 8.73. The molecule has 0 spiro atoms. The highest BCUT2D eigenvalue weighted by Gasteiger charge is 2.15. The molecule has 0 radical (unpaired) electrons. The zero-order valence-corrected chi connectivity index (χ0v) is 14.2. The summed E-state index contributed by atoms with van der Waals surface area (Å²) < 4.78 is 6.30. The molecular weight excluding hydrogens is 294 g/mol. The number of carbonyl (C=O) groups is 2. The number of benzene rings is 1. The average Bonchev–Trinajstić information content (AvgIpc) is 2.96. The minimum atomic E-state index is -0.432. The highest BCUT2D eigenvalue weighted by molar-refractivity contribution is 5.88. The van der Waals surface area contributed by atoms with Gasteiger partial charge in [0, 0.05) is 13.5 Å². The summed E-state index contributed by atoms with van der Waals surface area (Å²) in [5, 5.41) is 7.03. The zero-order chi connectivity index (χ0) is 17.4. The van der Waals surface area contributed by atoms with Crippen LogP contribution in [0, 0.1) is 6.92 Å². The quantitative estimate of drug-likeness (QED) is 0.880. The number of aryl methyl sites for hydroxylation is 1. The van der Waals surface area contributed by atoms with Gasteiger partial charge in [0.05, 0.1) is 18.5 Å². The van der Waals surface area contributed by atoms with Crippen LogP contribution in [-0.4, -0.2) is 28.8 Å². The Balaban J connectivity index is 0.00000127. The standard InChI is InChI=1S/C15H17N3O3.C2H6/c1-10-8-14(15(20)21-3)18(17-10)13-6-4-12(5-7-13)9-16-11(2)19;1-2/h4-8H,9H2,1-3H3,(H,16,19);1-2H3. The SMILES string of the molecule is CC.COC(=O)c1cc(C)nn1-c1ccc(CNC(C)=O)cc1. The number of carbonyl (C=O) groups excluding carboxylic acids is 2. The highest BCUT2D eigenvalue weighted by Crippen LogP contribution is 2.14. The fourth-order valence-corrected chi connectivity index (χ4v) is 1.93. The molecule has 1 amide bonds. The van der Waals surface area contributed by atoms with Crippen molar-refractivity contribution in [1.82, 2.24) is 15.1 Å². The Morgan fingerprint density at radius 3 is 2.35 bits per heavy atom. The summed E-state index contributed by atoms with van der Waals surface area (Å²) in [6.07, 6.45) is 0. The maximum absolute atomic E-state index is 11.7. The predicted octanol–water partition coefficient (Wildman–Crippen LogP) is 2.63. The molecule has 0 saturated heterocycles. The number of rotatable bonds is 4. The second-order valence-electron chi connectivity index (χ2n) is 4.65. The van der Waals surface area contributed by atoms with Crippen LogP contribution in [0.15, 0.2) is 30.3 Å². The van der Waals surface area contributed by atoms with Crippen molar-refractivity contribution >= 4 is 11.9 Å². The molecule has 1 aromatic heterocycles. The lowest BCUT2D eigenvalue weighted by Crippen LogP contribution is -2.18. The number of esters is 1. The van der Waals surface area contributed by atoms with Gasteiger partial charge in [-0.15, -0.1) is 0 Å². The molecule has 1 N–H and O–H groups in total. The van der Waals surface area contributed by atoms with E-state index in [0.29, 0.717) is 12.2 Å². The summed E-state index contributed by atoms with van der Waals surface area (Å²) in [7, 11) is 1.34. The third-order valence-electron chi connectivity index (χ3n) is 2.95. The fourth-order valence-electron chi connectivity index (χ4n) is 1.93. The molecule has 6 heteroatoms. The molecule has 2 rings (SSSR count). The molecule has 0 aliphatic heterocycles. The van der Waals surface area contributed by atoms with E-state index in [1.54, 1.807) is 10.7 Å². The van der Waals surface area contributed by atoms with Crippen molar-refractivity contribution in [1.29, 1.82) is 0 Å². The maximum atomic E-state index is 11.7. The monoisotopic (exact) mass is 317 g/mol. The van der Waals surface area contributed by atoms with Gasteiger partial charge in [0.1, 0.15) is 0 Å². The smallest absolute Gasteiger partial charge is 0.356 e. The molecule has 0 fully saturated rings. The molecule has 0 aliphatic carbocycles. The van der Waals surface area contributed by atoms with E-state index >= 15 is 0 Å². The first kappa shape index (κ1) is 18.4. The Morgan fingerprint density at radius 1 is 1.22 bits per heavy atom. The molecule has 2 aromatic rings. The summed E-state index contributed by atoms with van der Waals surface area (Å²) >= 11 is 0. The summed E-state index contributed by atoms with van der Waals surface area (Å²) in [5.41, 5.74) is 2.84. The lowest BCUT2D eigenvalue weighted by atomic mass is 10.2. The van der Waals surface area contributed by atoms with Crippen molar-refractivity contribution < 1.29 is 14.3 Å². The summed E-state index contributed by atoms with van der Waals surface area (Å²) in [4.78, 5) is 22.6. The molecule has 0 unspecified atom stereocenters. The van der Waals surface area contributed by atoms with E-state index in [9.17, 15) is 9.59 Å². The highest BCUT2D eigenvalue weighted by atomic mass is 16.5. The van der Waals surface area contributed by atoms with Crippen molar-refractivity contribution in [2.24, 2.45) is 0 Å². The van der Waals surface area contributed by atoms with Crippen molar-refractivity contribution in [3.05, 3.63) is 47.3 Å². The first-order chi connectivity index (χ1) is 11.0. The van der Waals surface area contributed by atoms with Gasteiger partial charge >= 0.3 is 5.97 Å². The Bertz CT molecular complexity index is 660. The molecule has 0 saturated carbocycles. The molecule has 0 atom stereocenters. The minimum Gasteiger partial charge on any atom is -0.464 e. The minimum absolute atomic E-state index is 0.0743. The van der Waals surface area contributed by atoms with E-state index in [1.807, 2.05) is 45.0 Å². The van der Waals surface area contributed by atoms with Crippen LogP contribution in [0.25, 0.3) is 5.69 Å². The fraction of sp³-hybridized carbons (Fsp3) is 0.353. The Kier molecular flexibility index (Phi) is 6.99. The Morgan fingerprint density at radius 2 is 1.83 bits per heavy atom. The topological polar surface area (TPSA) is 73.2 Å². The molecule has 1 aromatic carbocycles. The van der Waals surface area contributed by atoms with Gasteiger partial charge in [0.25, 0.3) is 0 Å². The van der Waals surface area contributed by atoms with Crippen LogP contribution in [0.3, 0.4) is 0 Å². The summed E-state index contributed by atoms with van der Waals surface area (Å²) in [6.45, 7) is 7.76. The van der Waals surface area contributed by atoms with Gasteiger partial charge in [-0.25, -0.2) is 9.48 Å². The lowest BCUT2D eigenvalue weighted by molar-refractivity contribution is -0.119. The van der Waals surface area contributed by atoms with E-state index in [2.05, 4.69) is 10.4 Å². The van der Waals surface area contributed by atoms with Crippen LogP contribution in [-0.2, 0) is 16.1 Å². The number of methoxy groups -OCH3 is 1. The third kappa shape index (κ3) is 4.95. The predicted molar refractivity (Wildman–Crippen MR) is 88.5 cm³/mol. The van der Waals surface area contributed by atoms with E-state index in [1.165, 1.54) is 14.0 Å². The van der Waals surface area contributed by atoms with Gasteiger partial charge in [-0.05, 0) is 30.7 Å². The number of hydrogen-bond donors (Lipinski definition) is 1. The van der Waals surface area contributed by atoms with Crippen LogP contribution in [0.4, 0.5) is 0 Å². The van der Waals surface area contributed by atoms with Gasteiger partial charge in [-0.1, -0.05) is 26.0 Å². The van der Waals surface area contributed by atoms with Crippen molar-refractivity contribution in [2.45, 2.75) is 34.2 Å². The van der Waals surface area contributed by atoms with Crippen LogP contribution in [0.5, 0.6) is 0 Å². The number of hydrogen-bond acceptors (Lipinski definition) is 4. The number of amides is 1. The summed E-state index contributed by atoms with van der Waals surface area (Å²) in [5.74, 6) is -0.507. The van der Waals surface area contributed by atoms with Crippen LogP contribution >= 0.6 is 0 Å². The van der Waals surface area contributed by atoms with E-state index < -0.39 is 5.97 Å². The van der Waals surface area contributed by atoms with Gasteiger partial charge < -0.3 is 10.1 Å². The average molecular weight is 317 g/mol. The largest absolute Gasteiger partial charge is 0.464 e. The lowest BCUT2D eigenvalue weighted by Gasteiger charge is -2.07. The van der Waals surface area contributed by atoms with Gasteiger partial charge in [0.15, 0.2) is 5.69 Å². The van der Waals surface area contributed by atoms with E-state index in [4.69, 9.17) is 4.74 Å². The molecule has 1 heterocycles. The number of nitrogens with one attached hydrogen (secondary N) is 1. The Labute approximate surface area is 136 Å². The third-order valence-corrected chi connectivity index (χ3v) is 2.95. The van der Waals surface area contributed by atoms with Crippen molar-refractivity contribution in [3.8, 4) is 5.69 Å². The van der Waals surface area contributed by atoms with Crippen LogP contribution in [0.1, 0.15) is 42.5 Å². The molecule has 0 aliphatic rings. The molecular formula is C17H23N3O3.